The summed E-state index contributed by atoms with van der Waals surface area (Å²) < 4.78 is 10.7. The minimum atomic E-state index is -0.495. The number of nitrogens with zero attached hydrogens (tertiary/aromatic N) is 3. The van der Waals surface area contributed by atoms with Gasteiger partial charge in [-0.2, -0.15) is 0 Å². The largest absolute Gasteiger partial charge is 0.400 e. The number of anilines is 1. The smallest absolute Gasteiger partial charge is 0.322 e. The molecule has 0 aromatic carbocycles. The highest BCUT2D eigenvalue weighted by Crippen LogP contribution is 2.31. The Morgan fingerprint density at radius 2 is 2.20 bits per heavy atom. The summed E-state index contributed by atoms with van der Waals surface area (Å²) in [7, 11) is 0. The molecule has 3 aromatic heterocycles. The van der Waals surface area contributed by atoms with E-state index in [2.05, 4.69) is 20.7 Å². The lowest BCUT2D eigenvalue weighted by atomic mass is 10.3. The van der Waals surface area contributed by atoms with Crippen LogP contribution in [0.4, 0.5) is 6.01 Å². The van der Waals surface area contributed by atoms with Crippen molar-refractivity contribution >= 4 is 46.5 Å². The van der Waals surface area contributed by atoms with Crippen molar-refractivity contribution in [3.8, 4) is 11.7 Å². The molecule has 1 amide bonds. The monoisotopic (exact) mass is 330 g/mol. The van der Waals surface area contributed by atoms with Gasteiger partial charge in [-0.15, -0.1) is 16.4 Å². The number of amides is 1. The zero-order valence-corrected chi connectivity index (χ0v) is 11.8. The molecule has 0 radical (unpaired) electrons. The molecule has 0 spiro atoms. The Kier molecular flexibility index (Phi) is 3.43. The number of carbonyl (C=O) groups excluding carboxylic acids is 1. The maximum atomic E-state index is 11.9. The van der Waals surface area contributed by atoms with Crippen LogP contribution >= 0.6 is 34.5 Å². The summed E-state index contributed by atoms with van der Waals surface area (Å²) >= 11 is 12.7. The molecule has 3 heterocycles. The zero-order chi connectivity index (χ0) is 14.1. The Balaban J connectivity index is 1.78. The van der Waals surface area contributed by atoms with Crippen molar-refractivity contribution in [2.45, 2.75) is 0 Å². The van der Waals surface area contributed by atoms with Crippen molar-refractivity contribution in [2.75, 3.05) is 5.32 Å². The van der Waals surface area contributed by atoms with Crippen LogP contribution < -0.4 is 5.32 Å². The highest BCUT2D eigenvalue weighted by Gasteiger charge is 2.18. The minimum absolute atomic E-state index is 0.0835. The molecule has 7 nitrogen and oxygen atoms in total. The van der Waals surface area contributed by atoms with Gasteiger partial charge >= 0.3 is 6.01 Å². The SMILES string of the molecule is O=C(Nc1nnc(-c2ccno2)o1)c1cc(Cl)sc1Cl. The molecule has 1 N–H and O–H groups in total. The van der Waals surface area contributed by atoms with Crippen molar-refractivity contribution in [1.29, 1.82) is 0 Å². The molecule has 0 saturated heterocycles. The first-order valence-corrected chi connectivity index (χ1v) is 6.71. The van der Waals surface area contributed by atoms with E-state index < -0.39 is 5.91 Å². The van der Waals surface area contributed by atoms with Crippen LogP contribution in [-0.4, -0.2) is 21.3 Å². The number of halogens is 2. The van der Waals surface area contributed by atoms with Gasteiger partial charge in [0.1, 0.15) is 4.34 Å². The Bertz CT molecular complexity index is 752. The van der Waals surface area contributed by atoms with E-state index in [0.717, 1.165) is 11.3 Å². The molecule has 0 unspecified atom stereocenters. The lowest BCUT2D eigenvalue weighted by molar-refractivity contribution is 0.102. The van der Waals surface area contributed by atoms with Crippen LogP contribution in [0.25, 0.3) is 11.7 Å². The van der Waals surface area contributed by atoms with E-state index in [1.165, 1.54) is 12.3 Å². The third-order valence-corrected chi connectivity index (χ3v) is 3.68. The van der Waals surface area contributed by atoms with E-state index in [-0.39, 0.29) is 21.8 Å². The van der Waals surface area contributed by atoms with Crippen LogP contribution in [0.1, 0.15) is 10.4 Å². The molecule has 0 saturated carbocycles. The fraction of sp³-hybridized carbons (Fsp3) is 0. The lowest BCUT2D eigenvalue weighted by Gasteiger charge is -1.97. The first kappa shape index (κ1) is 13.1. The molecule has 10 heteroatoms. The van der Waals surface area contributed by atoms with Crippen LogP contribution in [-0.2, 0) is 0 Å². The molecule has 0 bridgehead atoms. The van der Waals surface area contributed by atoms with Gasteiger partial charge in [-0.25, -0.2) is 0 Å². The van der Waals surface area contributed by atoms with Gasteiger partial charge < -0.3 is 8.94 Å². The summed E-state index contributed by atoms with van der Waals surface area (Å²) in [6.07, 6.45) is 1.44. The molecule has 20 heavy (non-hydrogen) atoms. The fourth-order valence-electron chi connectivity index (χ4n) is 1.36. The second-order valence-electron chi connectivity index (χ2n) is 3.48. The van der Waals surface area contributed by atoms with Gasteiger partial charge in [-0.1, -0.05) is 33.5 Å². The number of hydrogen-bond acceptors (Lipinski definition) is 7. The number of aromatic nitrogens is 3. The van der Waals surface area contributed by atoms with Gasteiger partial charge in [0, 0.05) is 6.07 Å². The number of thiophene rings is 1. The normalized spacial score (nSPS) is 10.7. The van der Waals surface area contributed by atoms with Crippen molar-refractivity contribution in [1.82, 2.24) is 15.4 Å². The van der Waals surface area contributed by atoms with Crippen molar-refractivity contribution in [2.24, 2.45) is 0 Å². The van der Waals surface area contributed by atoms with Crippen molar-refractivity contribution in [3.05, 3.63) is 32.6 Å². The van der Waals surface area contributed by atoms with E-state index in [9.17, 15) is 4.79 Å². The van der Waals surface area contributed by atoms with Gasteiger partial charge in [-0.05, 0) is 6.07 Å². The average molecular weight is 331 g/mol. The van der Waals surface area contributed by atoms with Crippen molar-refractivity contribution < 1.29 is 13.7 Å². The summed E-state index contributed by atoms with van der Waals surface area (Å²) in [4.78, 5) is 11.9. The van der Waals surface area contributed by atoms with Gasteiger partial charge in [-0.3, -0.25) is 10.1 Å². The van der Waals surface area contributed by atoms with Crippen molar-refractivity contribution in [3.63, 3.8) is 0 Å². The highest BCUT2D eigenvalue weighted by atomic mass is 35.5. The molecule has 0 aliphatic heterocycles. The van der Waals surface area contributed by atoms with Gasteiger partial charge in [0.2, 0.25) is 5.76 Å². The first-order valence-electron chi connectivity index (χ1n) is 5.14. The predicted octanol–water partition coefficient (Wildman–Crippen LogP) is 3.35. The molecule has 0 aliphatic rings. The maximum absolute atomic E-state index is 11.9. The first-order chi connectivity index (χ1) is 9.63. The molecule has 0 aliphatic carbocycles. The molecule has 3 rings (SSSR count). The molecule has 3 aromatic rings. The van der Waals surface area contributed by atoms with Crippen LogP contribution in [0, 0.1) is 0 Å². The van der Waals surface area contributed by atoms with E-state index in [1.807, 2.05) is 0 Å². The summed E-state index contributed by atoms with van der Waals surface area (Å²) in [5.41, 5.74) is 0.237. The molecular weight excluding hydrogens is 327 g/mol. The average Bonchev–Trinajstić information content (AvgIpc) is 3.09. The van der Waals surface area contributed by atoms with Crippen LogP contribution in [0.2, 0.25) is 8.67 Å². The zero-order valence-electron chi connectivity index (χ0n) is 9.46. The summed E-state index contributed by atoms with van der Waals surface area (Å²) in [5.74, 6) is -0.0900. The molecule has 0 atom stereocenters. The third-order valence-electron chi connectivity index (χ3n) is 2.20. The Morgan fingerprint density at radius 3 is 2.85 bits per heavy atom. The fourth-order valence-corrected chi connectivity index (χ4v) is 2.82. The topological polar surface area (TPSA) is 94.1 Å². The minimum Gasteiger partial charge on any atom is -0.400 e. The van der Waals surface area contributed by atoms with E-state index in [4.69, 9.17) is 32.1 Å². The summed E-state index contributed by atoms with van der Waals surface area (Å²) in [6, 6.07) is 2.92. The molecule has 0 fully saturated rings. The number of rotatable bonds is 3. The lowest BCUT2D eigenvalue weighted by Crippen LogP contribution is -2.11. The molecule has 102 valence electrons. The Labute approximate surface area is 125 Å². The quantitative estimate of drug-likeness (QED) is 0.791. The van der Waals surface area contributed by atoms with Gasteiger partial charge in [0.25, 0.3) is 11.8 Å². The van der Waals surface area contributed by atoms with E-state index in [0.29, 0.717) is 10.1 Å². The maximum Gasteiger partial charge on any atom is 0.322 e. The van der Waals surface area contributed by atoms with Gasteiger partial charge in [0.15, 0.2) is 0 Å². The standard InChI is InChI=1S/C10H4Cl2N4O3S/c11-6-3-4(7(12)20-6)8(17)14-10-16-15-9(18-10)5-1-2-13-19-5/h1-3H,(H,14,16,17). The number of carbonyl (C=O) groups is 1. The number of hydrogen-bond donors (Lipinski definition) is 1. The third kappa shape index (κ3) is 2.53. The Hall–Kier alpha value is -1.90. The second-order valence-corrected chi connectivity index (χ2v) is 5.77. The van der Waals surface area contributed by atoms with Crippen LogP contribution in [0.5, 0.6) is 0 Å². The van der Waals surface area contributed by atoms with Gasteiger partial charge in [0.05, 0.1) is 16.1 Å². The Morgan fingerprint density at radius 1 is 1.35 bits per heavy atom. The number of nitrogens with one attached hydrogen (secondary N) is 1. The highest BCUT2D eigenvalue weighted by molar-refractivity contribution is 7.20. The summed E-state index contributed by atoms with van der Waals surface area (Å²) in [6.45, 7) is 0. The summed E-state index contributed by atoms with van der Waals surface area (Å²) in [5, 5.41) is 13.3. The van der Waals surface area contributed by atoms with Crippen LogP contribution in [0.15, 0.2) is 27.3 Å². The predicted molar refractivity (Wildman–Crippen MR) is 72.1 cm³/mol. The van der Waals surface area contributed by atoms with E-state index >= 15 is 0 Å². The van der Waals surface area contributed by atoms with E-state index in [1.54, 1.807) is 6.07 Å². The second kappa shape index (κ2) is 5.23. The molecular formula is C10H4Cl2N4O3S. The van der Waals surface area contributed by atoms with Crippen LogP contribution in [0.3, 0.4) is 0 Å².